The molecule has 3 aliphatic heterocycles. The number of fused-ring (bicyclic) bond motifs is 2. The second-order valence-electron chi connectivity index (χ2n) is 10.6. The molecule has 2 saturated heterocycles. The van der Waals surface area contributed by atoms with Crippen LogP contribution in [0.25, 0.3) is 10.8 Å². The molecular weight excluding hydrogens is 460 g/mol. The summed E-state index contributed by atoms with van der Waals surface area (Å²) < 4.78 is 12.8. The van der Waals surface area contributed by atoms with Gasteiger partial charge in [0.2, 0.25) is 5.91 Å². The molecule has 0 bridgehead atoms. The average molecular weight is 496 g/mol. The molecule has 1 amide bonds. The van der Waals surface area contributed by atoms with Gasteiger partial charge < -0.3 is 29.1 Å². The Morgan fingerprint density at radius 3 is 2.58 bits per heavy atom. The lowest BCUT2D eigenvalue weighted by atomic mass is 9.78. The number of rotatable bonds is 8. The molecule has 0 aliphatic carbocycles. The number of quaternary nitrogens is 1. The monoisotopic (exact) mass is 495 g/mol. The summed E-state index contributed by atoms with van der Waals surface area (Å²) in [7, 11) is 2.29. The number of hydrogen-bond acceptors (Lipinski definition) is 5. The summed E-state index contributed by atoms with van der Waals surface area (Å²) in [5.74, 6) is -1.57. The van der Waals surface area contributed by atoms with Crippen molar-refractivity contribution in [2.24, 2.45) is 11.8 Å². The smallest absolute Gasteiger partial charge is 0.352 e. The summed E-state index contributed by atoms with van der Waals surface area (Å²) >= 11 is 0. The summed E-state index contributed by atoms with van der Waals surface area (Å²) in [6.45, 7) is 8.25. The van der Waals surface area contributed by atoms with Gasteiger partial charge in [-0.15, -0.1) is 0 Å². The van der Waals surface area contributed by atoms with Gasteiger partial charge in [0.05, 0.1) is 44.9 Å². The second kappa shape index (κ2) is 9.50. The van der Waals surface area contributed by atoms with Crippen LogP contribution in [0.2, 0.25) is 0 Å². The minimum absolute atomic E-state index is 0.00204. The van der Waals surface area contributed by atoms with Crippen LogP contribution in [0.5, 0.6) is 5.75 Å². The maximum atomic E-state index is 12.6. The number of ether oxygens (including phenoxy) is 2. The number of benzene rings is 2. The summed E-state index contributed by atoms with van der Waals surface area (Å²) in [6.07, 6.45) is 0.122. The highest BCUT2D eigenvalue weighted by atomic mass is 16.5. The Labute approximate surface area is 211 Å². The number of aliphatic hydroxyl groups excluding tert-OH is 1. The van der Waals surface area contributed by atoms with E-state index in [2.05, 4.69) is 19.2 Å². The first-order chi connectivity index (χ1) is 17.2. The SMILES string of the molecule is C[C@@H](O)[C@H]1C(=O)N2C(C(=O)O)=C(COc3cccc4c(CC[N+]5(C)CCOCC5)cccc34)[C@H](C)[C@H]12. The van der Waals surface area contributed by atoms with E-state index in [0.29, 0.717) is 11.3 Å². The molecule has 192 valence electrons. The lowest BCUT2D eigenvalue weighted by Crippen LogP contribution is -2.63. The third-order valence-corrected chi connectivity index (χ3v) is 8.35. The molecule has 8 heteroatoms. The maximum Gasteiger partial charge on any atom is 0.352 e. The molecule has 3 aliphatic rings. The number of aliphatic carboxylic acids is 1. The topological polar surface area (TPSA) is 96.3 Å². The van der Waals surface area contributed by atoms with E-state index in [1.165, 1.54) is 10.5 Å². The van der Waals surface area contributed by atoms with Crippen LogP contribution in [0.1, 0.15) is 19.4 Å². The van der Waals surface area contributed by atoms with Gasteiger partial charge in [-0.25, -0.2) is 4.79 Å². The quantitative estimate of drug-likeness (QED) is 0.431. The molecule has 2 aromatic carbocycles. The molecule has 0 unspecified atom stereocenters. The zero-order chi connectivity index (χ0) is 25.6. The number of β-lactam (4-membered cyclic amide) rings is 1. The maximum absolute atomic E-state index is 12.6. The van der Waals surface area contributed by atoms with Crippen molar-refractivity contribution in [3.05, 3.63) is 53.2 Å². The van der Waals surface area contributed by atoms with Gasteiger partial charge in [-0.05, 0) is 23.9 Å². The molecule has 0 spiro atoms. The molecule has 0 aromatic heterocycles. The van der Waals surface area contributed by atoms with Crippen LogP contribution in [0.4, 0.5) is 0 Å². The van der Waals surface area contributed by atoms with E-state index in [0.717, 1.165) is 54.5 Å². The van der Waals surface area contributed by atoms with E-state index < -0.39 is 18.0 Å². The fourth-order valence-corrected chi connectivity index (χ4v) is 6.08. The Morgan fingerprint density at radius 1 is 1.19 bits per heavy atom. The molecule has 3 heterocycles. The lowest BCUT2D eigenvalue weighted by molar-refractivity contribution is -0.916. The van der Waals surface area contributed by atoms with Gasteiger partial charge in [0.15, 0.2) is 0 Å². The van der Waals surface area contributed by atoms with Crippen LogP contribution >= 0.6 is 0 Å². The van der Waals surface area contributed by atoms with E-state index in [4.69, 9.17) is 9.47 Å². The second-order valence-corrected chi connectivity index (χ2v) is 10.6. The number of carbonyl (C=O) groups excluding carboxylic acids is 1. The molecule has 0 saturated carbocycles. The van der Waals surface area contributed by atoms with Crippen LogP contribution in [-0.2, 0) is 20.7 Å². The van der Waals surface area contributed by atoms with Crippen molar-refractivity contribution in [2.75, 3.05) is 46.5 Å². The molecule has 8 nitrogen and oxygen atoms in total. The van der Waals surface area contributed by atoms with Gasteiger partial charge in [0.25, 0.3) is 0 Å². The normalized spacial score (nSPS) is 26.1. The van der Waals surface area contributed by atoms with E-state index in [1.807, 2.05) is 31.2 Å². The van der Waals surface area contributed by atoms with Gasteiger partial charge in [0, 0.05) is 23.3 Å². The first-order valence-corrected chi connectivity index (χ1v) is 12.7. The number of amides is 1. The van der Waals surface area contributed by atoms with Crippen molar-refractivity contribution in [1.29, 1.82) is 0 Å². The molecular formula is C28H35N2O6+. The van der Waals surface area contributed by atoms with E-state index in [9.17, 15) is 19.8 Å². The molecule has 0 radical (unpaired) electrons. The first kappa shape index (κ1) is 24.7. The van der Waals surface area contributed by atoms with Crippen molar-refractivity contribution >= 4 is 22.6 Å². The van der Waals surface area contributed by atoms with E-state index >= 15 is 0 Å². The highest BCUT2D eigenvalue weighted by molar-refractivity contribution is 6.00. The van der Waals surface area contributed by atoms with Gasteiger partial charge in [-0.2, -0.15) is 0 Å². The number of carbonyl (C=O) groups is 2. The van der Waals surface area contributed by atoms with Crippen molar-refractivity contribution in [3.8, 4) is 5.75 Å². The van der Waals surface area contributed by atoms with Crippen LogP contribution in [0.3, 0.4) is 0 Å². The van der Waals surface area contributed by atoms with Crippen LogP contribution in [0.15, 0.2) is 47.7 Å². The third kappa shape index (κ3) is 4.17. The number of aliphatic hydroxyl groups is 1. The summed E-state index contributed by atoms with van der Waals surface area (Å²) in [6, 6.07) is 11.9. The summed E-state index contributed by atoms with van der Waals surface area (Å²) in [4.78, 5) is 26.0. The van der Waals surface area contributed by atoms with Crippen LogP contribution in [0, 0.1) is 11.8 Å². The van der Waals surface area contributed by atoms with Crippen molar-refractivity contribution in [2.45, 2.75) is 32.4 Å². The highest BCUT2D eigenvalue weighted by Crippen LogP contribution is 2.47. The number of likely N-dealkylation sites (N-methyl/N-ethyl adjacent to an activating group) is 1. The van der Waals surface area contributed by atoms with Crippen molar-refractivity contribution < 1.29 is 33.8 Å². The molecule has 2 aromatic rings. The predicted molar refractivity (Wildman–Crippen MR) is 134 cm³/mol. The zero-order valence-corrected chi connectivity index (χ0v) is 21.1. The van der Waals surface area contributed by atoms with Gasteiger partial charge >= 0.3 is 5.97 Å². The molecule has 5 rings (SSSR count). The first-order valence-electron chi connectivity index (χ1n) is 12.7. The Hall–Kier alpha value is -2.94. The number of hydrogen-bond donors (Lipinski definition) is 2. The van der Waals surface area contributed by atoms with Crippen LogP contribution < -0.4 is 4.74 Å². The number of morpholine rings is 1. The summed E-state index contributed by atoms with van der Waals surface area (Å²) in [5, 5.41) is 22.1. The number of carboxylic acid groups (broad SMARTS) is 1. The molecule has 36 heavy (non-hydrogen) atoms. The minimum atomic E-state index is -1.14. The molecule has 2 fully saturated rings. The van der Waals surface area contributed by atoms with Gasteiger partial charge in [0.1, 0.15) is 31.1 Å². The fourth-order valence-electron chi connectivity index (χ4n) is 6.08. The Bertz CT molecular complexity index is 1220. The van der Waals surface area contributed by atoms with E-state index in [1.54, 1.807) is 6.92 Å². The van der Waals surface area contributed by atoms with Gasteiger partial charge in [-0.3, -0.25) is 4.79 Å². The third-order valence-electron chi connectivity index (χ3n) is 8.35. The summed E-state index contributed by atoms with van der Waals surface area (Å²) in [5.41, 5.74) is 1.85. The fraction of sp³-hybridized carbons (Fsp3) is 0.500. The number of nitrogens with zero attached hydrogens (tertiary/aromatic N) is 2. The van der Waals surface area contributed by atoms with Gasteiger partial charge in [-0.1, -0.05) is 37.3 Å². The molecule has 4 atom stereocenters. The van der Waals surface area contributed by atoms with E-state index in [-0.39, 0.29) is 30.2 Å². The standard InChI is InChI=1S/C28H34N2O6/c1-17-22(26(28(33)34)29-25(17)24(18(2)31)27(29)32)16-36-23-9-5-7-20-19(6-4-8-21(20)23)10-11-30(3)12-14-35-15-13-30/h4-9,17-18,24-25,31H,10-16H2,1-3H3/p+1/t17-,18+,24+,25+/m0/s1. The molecule has 2 N–H and O–H groups in total. The van der Waals surface area contributed by atoms with Crippen molar-refractivity contribution in [1.82, 2.24) is 4.90 Å². The Morgan fingerprint density at radius 2 is 1.89 bits per heavy atom. The highest BCUT2D eigenvalue weighted by Gasteiger charge is 2.59. The average Bonchev–Trinajstić information content (AvgIpc) is 3.09. The Kier molecular flexibility index (Phi) is 6.53. The largest absolute Gasteiger partial charge is 0.488 e. The predicted octanol–water partition coefficient (Wildman–Crippen LogP) is 2.43. The van der Waals surface area contributed by atoms with Crippen molar-refractivity contribution in [3.63, 3.8) is 0 Å². The number of carboxylic acids is 1. The zero-order valence-electron chi connectivity index (χ0n) is 21.1. The van der Waals surface area contributed by atoms with Crippen LogP contribution in [-0.4, -0.2) is 90.1 Å². The minimum Gasteiger partial charge on any atom is -0.488 e. The lowest BCUT2D eigenvalue weighted by Gasteiger charge is -2.46. The Balaban J connectivity index is 1.37.